The van der Waals surface area contributed by atoms with Crippen molar-refractivity contribution in [3.63, 3.8) is 0 Å². The zero-order valence-electron chi connectivity index (χ0n) is 12.2. The van der Waals surface area contributed by atoms with E-state index in [2.05, 4.69) is 10.1 Å². The Hall–Kier alpha value is -1.43. The molecule has 0 rings (SSSR count). The number of amides is 1. The van der Waals surface area contributed by atoms with E-state index in [0.717, 1.165) is 6.92 Å². The summed E-state index contributed by atoms with van der Waals surface area (Å²) in [5, 5.41) is 2.54. The van der Waals surface area contributed by atoms with Crippen molar-refractivity contribution in [2.45, 2.75) is 53.1 Å². The molecule has 0 fully saturated rings. The molecule has 0 aliphatic heterocycles. The van der Waals surface area contributed by atoms with Crippen molar-refractivity contribution >= 4 is 17.8 Å². The fourth-order valence-corrected chi connectivity index (χ4v) is 1.58. The minimum atomic E-state index is -0.866. The molecule has 0 saturated heterocycles. The lowest BCUT2D eigenvalue weighted by molar-refractivity contribution is -0.161. The van der Waals surface area contributed by atoms with Crippen LogP contribution in [0, 0.1) is 11.8 Å². The first-order valence-corrected chi connectivity index (χ1v) is 6.43. The molecule has 6 heteroatoms. The Labute approximate surface area is 114 Å². The molecule has 0 aromatic carbocycles. The van der Waals surface area contributed by atoms with E-state index in [-0.39, 0.29) is 11.8 Å². The molecule has 2 atom stereocenters. The van der Waals surface area contributed by atoms with Gasteiger partial charge in [0, 0.05) is 6.92 Å². The van der Waals surface area contributed by atoms with Gasteiger partial charge < -0.3 is 15.8 Å². The molecule has 0 saturated carbocycles. The van der Waals surface area contributed by atoms with Crippen LogP contribution in [0.4, 0.5) is 0 Å². The van der Waals surface area contributed by atoms with Crippen LogP contribution in [0.2, 0.25) is 0 Å². The SMILES string of the molecule is CC(=O)OC(=O)[C@@H](NC(=O)[C@H](N)CC(C)C)C(C)C. The van der Waals surface area contributed by atoms with Gasteiger partial charge in [-0.1, -0.05) is 27.7 Å². The molecule has 3 N–H and O–H groups in total. The molecule has 0 bridgehead atoms. The van der Waals surface area contributed by atoms with Gasteiger partial charge in [0.05, 0.1) is 6.04 Å². The summed E-state index contributed by atoms with van der Waals surface area (Å²) in [6.45, 7) is 8.55. The van der Waals surface area contributed by atoms with Crippen molar-refractivity contribution in [2.75, 3.05) is 0 Å². The van der Waals surface area contributed by atoms with E-state index in [1.165, 1.54) is 0 Å². The molecule has 0 aliphatic rings. The largest absolute Gasteiger partial charge is 0.392 e. The van der Waals surface area contributed by atoms with Crippen molar-refractivity contribution in [1.29, 1.82) is 0 Å². The number of ether oxygens (including phenoxy) is 1. The van der Waals surface area contributed by atoms with E-state index in [9.17, 15) is 14.4 Å². The predicted molar refractivity (Wildman–Crippen MR) is 71.0 cm³/mol. The van der Waals surface area contributed by atoms with Crippen molar-refractivity contribution in [2.24, 2.45) is 17.6 Å². The van der Waals surface area contributed by atoms with Crippen molar-refractivity contribution < 1.29 is 19.1 Å². The molecule has 0 unspecified atom stereocenters. The number of hydrogen-bond acceptors (Lipinski definition) is 5. The van der Waals surface area contributed by atoms with Crippen LogP contribution in [-0.4, -0.2) is 29.9 Å². The molecule has 0 aromatic heterocycles. The number of carbonyl (C=O) groups is 3. The molecule has 19 heavy (non-hydrogen) atoms. The zero-order chi connectivity index (χ0) is 15.2. The van der Waals surface area contributed by atoms with Crippen LogP contribution in [-0.2, 0) is 19.1 Å². The highest BCUT2D eigenvalue weighted by Gasteiger charge is 2.28. The van der Waals surface area contributed by atoms with Gasteiger partial charge in [-0.15, -0.1) is 0 Å². The van der Waals surface area contributed by atoms with Crippen LogP contribution in [0.3, 0.4) is 0 Å². The Balaban J connectivity index is 4.62. The van der Waals surface area contributed by atoms with Crippen LogP contribution in [0.25, 0.3) is 0 Å². The Morgan fingerprint density at radius 2 is 1.68 bits per heavy atom. The van der Waals surface area contributed by atoms with E-state index in [1.54, 1.807) is 13.8 Å². The van der Waals surface area contributed by atoms with Crippen LogP contribution in [0.5, 0.6) is 0 Å². The van der Waals surface area contributed by atoms with Crippen LogP contribution >= 0.6 is 0 Å². The van der Waals surface area contributed by atoms with Crippen molar-refractivity contribution in [3.05, 3.63) is 0 Å². The van der Waals surface area contributed by atoms with Crippen molar-refractivity contribution in [1.82, 2.24) is 5.32 Å². The van der Waals surface area contributed by atoms with Gasteiger partial charge >= 0.3 is 11.9 Å². The molecule has 0 radical (unpaired) electrons. The third-order valence-electron chi connectivity index (χ3n) is 2.52. The number of esters is 2. The third kappa shape index (κ3) is 6.91. The topological polar surface area (TPSA) is 98.5 Å². The number of rotatable bonds is 6. The van der Waals surface area contributed by atoms with Gasteiger partial charge in [0.2, 0.25) is 5.91 Å². The second-order valence-corrected chi connectivity index (χ2v) is 5.38. The van der Waals surface area contributed by atoms with Gasteiger partial charge in [-0.05, 0) is 18.3 Å². The molecular formula is C13H24N2O4. The molecule has 0 aromatic rings. The first-order chi connectivity index (χ1) is 8.65. The second-order valence-electron chi connectivity index (χ2n) is 5.38. The highest BCUT2D eigenvalue weighted by Crippen LogP contribution is 2.07. The highest BCUT2D eigenvalue weighted by molar-refractivity contribution is 5.91. The summed E-state index contributed by atoms with van der Waals surface area (Å²) in [6.07, 6.45) is 0.526. The molecule has 0 aliphatic carbocycles. The normalized spacial score (nSPS) is 14.1. The number of nitrogens with two attached hydrogens (primary N) is 1. The van der Waals surface area contributed by atoms with Crippen molar-refractivity contribution in [3.8, 4) is 0 Å². The fourth-order valence-electron chi connectivity index (χ4n) is 1.58. The second kappa shape index (κ2) is 7.89. The molecular weight excluding hydrogens is 248 g/mol. The Morgan fingerprint density at radius 1 is 1.16 bits per heavy atom. The van der Waals surface area contributed by atoms with Gasteiger partial charge in [0.25, 0.3) is 0 Å². The Kier molecular flexibility index (Phi) is 7.29. The smallest absolute Gasteiger partial charge is 0.336 e. The van der Waals surface area contributed by atoms with E-state index in [0.29, 0.717) is 6.42 Å². The predicted octanol–water partition coefficient (Wildman–Crippen LogP) is 0.590. The summed E-state index contributed by atoms with van der Waals surface area (Å²) < 4.78 is 4.50. The minimum Gasteiger partial charge on any atom is -0.392 e. The molecule has 0 spiro atoms. The summed E-state index contributed by atoms with van der Waals surface area (Å²) in [6, 6.07) is -1.54. The lowest BCUT2D eigenvalue weighted by atomic mass is 10.0. The molecule has 110 valence electrons. The number of hydrogen-bond donors (Lipinski definition) is 2. The summed E-state index contributed by atoms with van der Waals surface area (Å²) in [4.78, 5) is 34.3. The molecule has 1 amide bonds. The Bertz CT molecular complexity index is 340. The van der Waals surface area contributed by atoms with Gasteiger partial charge in [0.1, 0.15) is 6.04 Å². The monoisotopic (exact) mass is 272 g/mol. The maximum atomic E-state index is 11.9. The maximum absolute atomic E-state index is 11.9. The molecule has 6 nitrogen and oxygen atoms in total. The highest BCUT2D eigenvalue weighted by atomic mass is 16.6. The number of nitrogens with one attached hydrogen (secondary N) is 1. The quantitative estimate of drug-likeness (QED) is 0.544. The van der Waals surface area contributed by atoms with Gasteiger partial charge in [-0.3, -0.25) is 9.59 Å². The first-order valence-electron chi connectivity index (χ1n) is 6.43. The third-order valence-corrected chi connectivity index (χ3v) is 2.52. The summed E-state index contributed by atoms with van der Waals surface area (Å²) >= 11 is 0. The lowest BCUT2D eigenvalue weighted by Crippen LogP contribution is -2.51. The zero-order valence-corrected chi connectivity index (χ0v) is 12.2. The van der Waals surface area contributed by atoms with Crippen LogP contribution in [0.1, 0.15) is 41.0 Å². The summed E-state index contributed by atoms with van der Waals surface area (Å²) in [5.41, 5.74) is 5.74. The fraction of sp³-hybridized carbons (Fsp3) is 0.769. The molecule has 0 heterocycles. The first kappa shape index (κ1) is 17.6. The lowest BCUT2D eigenvalue weighted by Gasteiger charge is -2.22. The van der Waals surface area contributed by atoms with Crippen LogP contribution < -0.4 is 11.1 Å². The average molecular weight is 272 g/mol. The van der Waals surface area contributed by atoms with Crippen LogP contribution in [0.15, 0.2) is 0 Å². The average Bonchev–Trinajstić information content (AvgIpc) is 2.22. The van der Waals surface area contributed by atoms with E-state index in [4.69, 9.17) is 5.73 Å². The Morgan fingerprint density at radius 3 is 2.05 bits per heavy atom. The van der Waals surface area contributed by atoms with Gasteiger partial charge in [-0.2, -0.15) is 0 Å². The maximum Gasteiger partial charge on any atom is 0.336 e. The van der Waals surface area contributed by atoms with E-state index in [1.807, 2.05) is 13.8 Å². The van der Waals surface area contributed by atoms with E-state index < -0.39 is 29.9 Å². The summed E-state index contributed by atoms with van der Waals surface area (Å²) in [7, 11) is 0. The number of carbonyl (C=O) groups excluding carboxylic acids is 3. The minimum absolute atomic E-state index is 0.193. The standard InChI is InChI=1S/C13H24N2O4/c1-7(2)6-10(14)12(17)15-11(8(3)4)13(18)19-9(5)16/h7-8,10-11H,6,14H2,1-5H3,(H,15,17)/t10-,11+/m1/s1. The van der Waals surface area contributed by atoms with Gasteiger partial charge in [0.15, 0.2) is 0 Å². The summed E-state index contributed by atoms with van der Waals surface area (Å²) in [5.74, 6) is -1.78. The van der Waals surface area contributed by atoms with Gasteiger partial charge in [-0.25, -0.2) is 4.79 Å². The van der Waals surface area contributed by atoms with E-state index >= 15 is 0 Å².